The van der Waals surface area contributed by atoms with Crippen molar-refractivity contribution in [2.45, 2.75) is 13.3 Å². The summed E-state index contributed by atoms with van der Waals surface area (Å²) in [7, 11) is 0. The molecule has 0 aliphatic heterocycles. The summed E-state index contributed by atoms with van der Waals surface area (Å²) in [5.41, 5.74) is 1.66. The smallest absolute Gasteiger partial charge is 0.309 e. The van der Waals surface area contributed by atoms with Crippen molar-refractivity contribution < 1.29 is 9.90 Å². The van der Waals surface area contributed by atoms with Crippen LogP contribution in [0.25, 0.3) is 0 Å². The van der Waals surface area contributed by atoms with Gasteiger partial charge in [-0.3, -0.25) is 4.79 Å². The largest absolute Gasteiger partial charge is 0.481 e. The molecule has 0 saturated heterocycles. The Balaban J connectivity index is 2.08. The van der Waals surface area contributed by atoms with Gasteiger partial charge in [0.25, 0.3) is 0 Å². The van der Waals surface area contributed by atoms with E-state index in [2.05, 4.69) is 15.3 Å². The minimum absolute atomic E-state index is 0.0561. The first-order valence-electron chi connectivity index (χ1n) is 4.99. The number of carboxylic acids is 1. The molecule has 88 valence electrons. The lowest BCUT2D eigenvalue weighted by Gasteiger charge is -2.01. The number of rotatable bonds is 4. The number of carbonyl (C=O) groups is 1. The van der Waals surface area contributed by atoms with E-state index >= 15 is 0 Å². The van der Waals surface area contributed by atoms with Gasteiger partial charge < -0.3 is 10.4 Å². The van der Waals surface area contributed by atoms with Crippen LogP contribution in [-0.4, -0.2) is 21.0 Å². The average molecular weight is 249 g/mol. The maximum Gasteiger partial charge on any atom is 0.309 e. The van der Waals surface area contributed by atoms with E-state index in [1.807, 2.05) is 19.1 Å². The molecule has 2 N–H and O–H groups in total. The van der Waals surface area contributed by atoms with Crippen LogP contribution >= 0.6 is 11.3 Å². The van der Waals surface area contributed by atoms with E-state index < -0.39 is 5.97 Å². The van der Waals surface area contributed by atoms with E-state index in [1.165, 1.54) is 11.3 Å². The molecular weight excluding hydrogens is 238 g/mol. The molecule has 17 heavy (non-hydrogen) atoms. The molecule has 5 nitrogen and oxygen atoms in total. The van der Waals surface area contributed by atoms with Gasteiger partial charge in [0, 0.05) is 11.6 Å². The van der Waals surface area contributed by atoms with E-state index in [0.717, 1.165) is 5.56 Å². The molecular formula is C11H11N3O2S. The Labute approximate surface area is 102 Å². The highest BCUT2D eigenvalue weighted by atomic mass is 32.1. The van der Waals surface area contributed by atoms with Crippen molar-refractivity contribution in [1.82, 2.24) is 9.97 Å². The molecule has 2 rings (SSSR count). The Hall–Kier alpha value is -1.95. The summed E-state index contributed by atoms with van der Waals surface area (Å²) >= 11 is 1.37. The minimum Gasteiger partial charge on any atom is -0.481 e. The third kappa shape index (κ3) is 3.25. The first kappa shape index (κ1) is 11.5. The van der Waals surface area contributed by atoms with Crippen LogP contribution in [-0.2, 0) is 11.2 Å². The van der Waals surface area contributed by atoms with Crippen LogP contribution in [0, 0.1) is 6.92 Å². The Morgan fingerprint density at radius 3 is 3.12 bits per heavy atom. The second kappa shape index (κ2) is 4.92. The molecule has 0 atom stereocenters. The van der Waals surface area contributed by atoms with Crippen molar-refractivity contribution in [3.05, 3.63) is 35.0 Å². The van der Waals surface area contributed by atoms with Crippen molar-refractivity contribution in [1.29, 1.82) is 0 Å². The number of hydrogen-bond donors (Lipinski definition) is 2. The molecule has 2 aromatic heterocycles. The number of anilines is 2. The minimum atomic E-state index is -0.879. The normalized spacial score (nSPS) is 10.2. The second-order valence-corrected chi connectivity index (χ2v) is 4.42. The van der Waals surface area contributed by atoms with E-state index in [-0.39, 0.29) is 6.42 Å². The van der Waals surface area contributed by atoms with E-state index in [0.29, 0.717) is 16.6 Å². The SMILES string of the molecule is Cc1ccnc(Nc2nc(CC(=O)O)cs2)c1. The summed E-state index contributed by atoms with van der Waals surface area (Å²) in [6.07, 6.45) is 1.66. The van der Waals surface area contributed by atoms with Gasteiger partial charge in [-0.15, -0.1) is 11.3 Å². The fourth-order valence-electron chi connectivity index (χ4n) is 1.31. The zero-order chi connectivity index (χ0) is 12.3. The third-order valence-corrected chi connectivity index (χ3v) is 2.84. The topological polar surface area (TPSA) is 75.1 Å². The standard InChI is InChI=1S/C11H11N3O2S/c1-7-2-3-12-9(4-7)14-11-13-8(6-17-11)5-10(15)16/h2-4,6H,5H2,1H3,(H,15,16)(H,12,13,14). The molecule has 0 saturated carbocycles. The number of nitrogens with zero attached hydrogens (tertiary/aromatic N) is 2. The second-order valence-electron chi connectivity index (χ2n) is 3.56. The van der Waals surface area contributed by atoms with Crippen molar-refractivity contribution >= 4 is 28.3 Å². The molecule has 0 radical (unpaired) electrons. The number of aromatic nitrogens is 2. The van der Waals surface area contributed by atoms with Gasteiger partial charge in [0.1, 0.15) is 5.82 Å². The molecule has 0 unspecified atom stereocenters. The Morgan fingerprint density at radius 2 is 2.41 bits per heavy atom. The molecule has 0 spiro atoms. The van der Waals surface area contributed by atoms with Crippen LogP contribution in [0.2, 0.25) is 0 Å². The zero-order valence-electron chi connectivity index (χ0n) is 9.17. The fourth-order valence-corrected chi connectivity index (χ4v) is 2.03. The van der Waals surface area contributed by atoms with Crippen LogP contribution in [0.5, 0.6) is 0 Å². The highest BCUT2D eigenvalue weighted by Crippen LogP contribution is 2.20. The molecule has 0 aromatic carbocycles. The van der Waals surface area contributed by atoms with Gasteiger partial charge in [-0.2, -0.15) is 0 Å². The summed E-state index contributed by atoms with van der Waals surface area (Å²) in [5.74, 6) is -0.170. The van der Waals surface area contributed by atoms with Gasteiger partial charge in [-0.25, -0.2) is 9.97 Å². The molecule has 6 heteroatoms. The summed E-state index contributed by atoms with van der Waals surface area (Å²) < 4.78 is 0. The first-order valence-corrected chi connectivity index (χ1v) is 5.87. The van der Waals surface area contributed by atoms with Crippen LogP contribution in [0.3, 0.4) is 0 Å². The summed E-state index contributed by atoms with van der Waals surface area (Å²) in [6, 6.07) is 3.81. The van der Waals surface area contributed by atoms with E-state index in [4.69, 9.17) is 5.11 Å². The molecule has 0 aliphatic rings. The summed E-state index contributed by atoms with van der Waals surface area (Å²) in [6.45, 7) is 1.98. The molecule has 0 fully saturated rings. The van der Waals surface area contributed by atoms with Gasteiger partial charge in [-0.05, 0) is 24.6 Å². The van der Waals surface area contributed by atoms with E-state index in [1.54, 1.807) is 11.6 Å². The zero-order valence-corrected chi connectivity index (χ0v) is 9.99. The predicted molar refractivity (Wildman–Crippen MR) is 65.7 cm³/mol. The van der Waals surface area contributed by atoms with Gasteiger partial charge in [0.15, 0.2) is 5.13 Å². The van der Waals surface area contributed by atoms with Gasteiger partial charge in [0.05, 0.1) is 12.1 Å². The van der Waals surface area contributed by atoms with Crippen molar-refractivity contribution in [3.8, 4) is 0 Å². The quantitative estimate of drug-likeness (QED) is 0.869. The van der Waals surface area contributed by atoms with Crippen LogP contribution in [0.15, 0.2) is 23.7 Å². The number of carboxylic acid groups (broad SMARTS) is 1. The van der Waals surface area contributed by atoms with Crippen molar-refractivity contribution in [2.24, 2.45) is 0 Å². The number of thiazole rings is 1. The fraction of sp³-hybridized carbons (Fsp3) is 0.182. The molecule has 0 amide bonds. The molecule has 0 bridgehead atoms. The maximum absolute atomic E-state index is 10.5. The Bertz CT molecular complexity index is 539. The Morgan fingerprint density at radius 1 is 1.59 bits per heavy atom. The van der Waals surface area contributed by atoms with Crippen LogP contribution < -0.4 is 5.32 Å². The lowest BCUT2D eigenvalue weighted by Crippen LogP contribution is -2.00. The molecule has 2 aromatic rings. The van der Waals surface area contributed by atoms with E-state index in [9.17, 15) is 4.79 Å². The highest BCUT2D eigenvalue weighted by Gasteiger charge is 2.06. The monoisotopic (exact) mass is 249 g/mol. The number of hydrogen-bond acceptors (Lipinski definition) is 5. The maximum atomic E-state index is 10.5. The summed E-state index contributed by atoms with van der Waals surface area (Å²) in [4.78, 5) is 18.8. The van der Waals surface area contributed by atoms with Crippen molar-refractivity contribution in [2.75, 3.05) is 5.32 Å². The number of nitrogens with one attached hydrogen (secondary N) is 1. The van der Waals surface area contributed by atoms with Gasteiger partial charge >= 0.3 is 5.97 Å². The molecule has 2 heterocycles. The van der Waals surface area contributed by atoms with Crippen molar-refractivity contribution in [3.63, 3.8) is 0 Å². The average Bonchev–Trinajstić information content (AvgIpc) is 2.64. The number of aliphatic carboxylic acids is 1. The lowest BCUT2D eigenvalue weighted by molar-refractivity contribution is -0.136. The highest BCUT2D eigenvalue weighted by molar-refractivity contribution is 7.13. The number of aryl methyl sites for hydroxylation is 1. The lowest BCUT2D eigenvalue weighted by atomic mass is 10.3. The Kier molecular flexibility index (Phi) is 3.34. The first-order chi connectivity index (χ1) is 8.13. The third-order valence-electron chi connectivity index (χ3n) is 2.03. The summed E-state index contributed by atoms with van der Waals surface area (Å²) in [5, 5.41) is 14.1. The number of pyridine rings is 1. The van der Waals surface area contributed by atoms with Gasteiger partial charge in [-0.1, -0.05) is 0 Å². The van der Waals surface area contributed by atoms with Crippen LogP contribution in [0.1, 0.15) is 11.3 Å². The van der Waals surface area contributed by atoms with Gasteiger partial charge in [0.2, 0.25) is 0 Å². The predicted octanol–water partition coefficient (Wildman–Crippen LogP) is 2.22. The van der Waals surface area contributed by atoms with Crippen LogP contribution in [0.4, 0.5) is 10.9 Å². The molecule has 0 aliphatic carbocycles.